The molecular weight excluding hydrogens is 492 g/mol. The largest absolute Gasteiger partial charge is 0.480 e. The molecule has 0 saturated carbocycles. The van der Waals surface area contributed by atoms with Crippen molar-refractivity contribution >= 4 is 11.7 Å². The number of hydrogen-bond acceptors (Lipinski definition) is 6. The highest BCUT2D eigenvalue weighted by molar-refractivity contribution is 5.73. The van der Waals surface area contributed by atoms with Crippen molar-refractivity contribution in [1.29, 1.82) is 5.26 Å². The molecule has 0 amide bonds. The normalized spacial score (nSPS) is 15.3. The average Bonchev–Trinajstić information content (AvgIpc) is 3.44. The zero-order valence-corrected chi connectivity index (χ0v) is 22.2. The molecule has 1 atom stereocenters. The van der Waals surface area contributed by atoms with Crippen LogP contribution in [0.1, 0.15) is 61.5 Å². The molecule has 1 unspecified atom stereocenters. The van der Waals surface area contributed by atoms with Crippen molar-refractivity contribution in [2.24, 2.45) is 0 Å². The third-order valence-electron chi connectivity index (χ3n) is 7.78. The summed E-state index contributed by atoms with van der Waals surface area (Å²) in [6.45, 7) is 4.98. The van der Waals surface area contributed by atoms with Gasteiger partial charge in [0.2, 0.25) is 5.78 Å². The Morgan fingerprint density at radius 2 is 1.87 bits per heavy atom. The molecule has 1 aliphatic heterocycles. The summed E-state index contributed by atoms with van der Waals surface area (Å²) < 4.78 is 3.59. The number of aromatic nitrogens is 4. The standard InChI is InChI=1S/C30H32N6O3/c1-3-6-27-26(17-21-9-11-22(12-10-21)25-8-5-4-7-23(25)18-31)28(37)35(30-32-19-33-36(27)30)24-13-15-34(16-14-24)20(2)29(38)39/h4-5,7-12,19-20,24H,3,6,13-17H2,1-2H3,(H,38,39). The second-order valence-electron chi connectivity index (χ2n) is 10.1. The van der Waals surface area contributed by atoms with Gasteiger partial charge in [-0.25, -0.2) is 4.52 Å². The predicted molar refractivity (Wildman–Crippen MR) is 148 cm³/mol. The van der Waals surface area contributed by atoms with Gasteiger partial charge in [-0.1, -0.05) is 55.8 Å². The van der Waals surface area contributed by atoms with E-state index in [4.69, 9.17) is 0 Å². The van der Waals surface area contributed by atoms with E-state index < -0.39 is 12.0 Å². The van der Waals surface area contributed by atoms with Crippen LogP contribution >= 0.6 is 0 Å². The molecule has 200 valence electrons. The first-order chi connectivity index (χ1) is 18.9. The zero-order valence-electron chi connectivity index (χ0n) is 22.2. The molecule has 9 heteroatoms. The number of carboxylic acids is 1. The van der Waals surface area contributed by atoms with Crippen LogP contribution in [-0.4, -0.2) is 54.3 Å². The Balaban J connectivity index is 1.50. The molecule has 5 rings (SSSR count). The summed E-state index contributed by atoms with van der Waals surface area (Å²) in [5.41, 5.74) is 4.99. The number of nitrogens with zero attached hydrogens (tertiary/aromatic N) is 6. The van der Waals surface area contributed by atoms with Gasteiger partial charge < -0.3 is 5.11 Å². The number of aliphatic carboxylic acids is 1. The number of piperidine rings is 1. The van der Waals surface area contributed by atoms with Crippen LogP contribution < -0.4 is 5.56 Å². The number of carbonyl (C=O) groups is 1. The summed E-state index contributed by atoms with van der Waals surface area (Å²) >= 11 is 0. The van der Waals surface area contributed by atoms with E-state index in [0.29, 0.717) is 55.7 Å². The summed E-state index contributed by atoms with van der Waals surface area (Å²) in [4.78, 5) is 32.0. The van der Waals surface area contributed by atoms with Gasteiger partial charge >= 0.3 is 5.97 Å². The molecule has 3 heterocycles. The van der Waals surface area contributed by atoms with Gasteiger partial charge in [0.1, 0.15) is 12.4 Å². The first-order valence-electron chi connectivity index (χ1n) is 13.4. The Labute approximate surface area is 227 Å². The van der Waals surface area contributed by atoms with Crippen molar-refractivity contribution in [2.75, 3.05) is 13.1 Å². The topological polar surface area (TPSA) is 117 Å². The van der Waals surface area contributed by atoms with Crippen LogP contribution in [-0.2, 0) is 17.6 Å². The molecule has 1 N–H and O–H groups in total. The lowest BCUT2D eigenvalue weighted by Crippen LogP contribution is -2.45. The quantitative estimate of drug-likeness (QED) is 0.369. The van der Waals surface area contributed by atoms with Crippen molar-refractivity contribution in [1.82, 2.24) is 24.1 Å². The van der Waals surface area contributed by atoms with Crippen molar-refractivity contribution < 1.29 is 9.90 Å². The smallest absolute Gasteiger partial charge is 0.320 e. The number of benzene rings is 2. The van der Waals surface area contributed by atoms with Crippen LogP contribution in [0.3, 0.4) is 0 Å². The van der Waals surface area contributed by atoms with E-state index in [1.807, 2.05) is 57.9 Å². The first-order valence-corrected chi connectivity index (χ1v) is 13.4. The van der Waals surface area contributed by atoms with E-state index in [-0.39, 0.29) is 11.6 Å². The van der Waals surface area contributed by atoms with E-state index in [2.05, 4.69) is 23.1 Å². The number of aryl methyl sites for hydroxylation is 1. The number of rotatable bonds is 8. The van der Waals surface area contributed by atoms with Gasteiger partial charge in [-0.15, -0.1) is 0 Å². The SMILES string of the molecule is CCCc1c(Cc2ccc(-c3ccccc3C#N)cc2)c(=O)n(C2CCN(C(C)C(=O)O)CC2)c2ncnn12. The monoisotopic (exact) mass is 524 g/mol. The number of nitriles is 1. The maximum absolute atomic E-state index is 14.1. The molecule has 9 nitrogen and oxygen atoms in total. The summed E-state index contributed by atoms with van der Waals surface area (Å²) in [6, 6.07) is 17.2. The van der Waals surface area contributed by atoms with Gasteiger partial charge in [0.25, 0.3) is 5.56 Å². The van der Waals surface area contributed by atoms with Gasteiger partial charge in [-0.2, -0.15) is 15.3 Å². The minimum Gasteiger partial charge on any atom is -0.480 e. The minimum absolute atomic E-state index is 0.0532. The lowest BCUT2D eigenvalue weighted by Gasteiger charge is -2.35. The molecule has 2 aromatic heterocycles. The first kappa shape index (κ1) is 26.3. The third kappa shape index (κ3) is 5.08. The van der Waals surface area contributed by atoms with Gasteiger partial charge in [-0.3, -0.25) is 19.1 Å². The van der Waals surface area contributed by atoms with Gasteiger partial charge in [-0.05, 0) is 48.9 Å². The molecule has 1 aliphatic rings. The molecule has 2 aromatic carbocycles. The van der Waals surface area contributed by atoms with Gasteiger partial charge in [0, 0.05) is 31.1 Å². The molecule has 0 spiro atoms. The van der Waals surface area contributed by atoms with E-state index in [0.717, 1.165) is 28.8 Å². The fourth-order valence-electron chi connectivity index (χ4n) is 5.60. The zero-order chi connectivity index (χ0) is 27.5. The summed E-state index contributed by atoms with van der Waals surface area (Å²) in [7, 11) is 0. The number of carboxylic acid groups (broad SMARTS) is 1. The van der Waals surface area contributed by atoms with E-state index in [1.165, 1.54) is 6.33 Å². The van der Waals surface area contributed by atoms with Crippen LogP contribution in [0.2, 0.25) is 0 Å². The van der Waals surface area contributed by atoms with Gasteiger partial charge in [0.15, 0.2) is 0 Å². The highest BCUT2D eigenvalue weighted by atomic mass is 16.4. The number of likely N-dealkylation sites (tertiary alicyclic amines) is 1. The van der Waals surface area contributed by atoms with Gasteiger partial charge in [0.05, 0.1) is 17.3 Å². The molecule has 39 heavy (non-hydrogen) atoms. The average molecular weight is 525 g/mol. The maximum Gasteiger partial charge on any atom is 0.320 e. The van der Waals surface area contributed by atoms with Crippen LogP contribution in [0, 0.1) is 11.3 Å². The summed E-state index contributed by atoms with van der Waals surface area (Å²) in [5, 5.41) is 23.4. The lowest BCUT2D eigenvalue weighted by molar-refractivity contribution is -0.143. The van der Waals surface area contributed by atoms with Crippen LogP contribution in [0.15, 0.2) is 59.7 Å². The van der Waals surface area contributed by atoms with Crippen LogP contribution in [0.4, 0.5) is 0 Å². The molecule has 0 aliphatic carbocycles. The lowest BCUT2D eigenvalue weighted by atomic mass is 9.96. The molecule has 0 bridgehead atoms. The van der Waals surface area contributed by atoms with Crippen LogP contribution in [0.25, 0.3) is 16.9 Å². The second-order valence-corrected chi connectivity index (χ2v) is 10.1. The Kier molecular flexibility index (Phi) is 7.57. The fraction of sp³-hybridized carbons (Fsp3) is 0.367. The molecule has 0 radical (unpaired) electrons. The van der Waals surface area contributed by atoms with Crippen molar-refractivity contribution in [2.45, 2.75) is 58.0 Å². The van der Waals surface area contributed by atoms with E-state index >= 15 is 0 Å². The van der Waals surface area contributed by atoms with E-state index in [9.17, 15) is 20.0 Å². The highest BCUT2D eigenvalue weighted by Crippen LogP contribution is 2.27. The highest BCUT2D eigenvalue weighted by Gasteiger charge is 2.30. The molecular formula is C30H32N6O3. The predicted octanol–water partition coefficient (Wildman–Crippen LogP) is 4.08. The number of fused-ring (bicyclic) bond motifs is 1. The molecule has 1 saturated heterocycles. The van der Waals surface area contributed by atoms with Crippen molar-refractivity contribution in [3.05, 3.63) is 87.6 Å². The minimum atomic E-state index is -0.834. The Morgan fingerprint density at radius 1 is 1.15 bits per heavy atom. The second kappa shape index (κ2) is 11.2. The van der Waals surface area contributed by atoms with Crippen molar-refractivity contribution in [3.63, 3.8) is 0 Å². The third-order valence-corrected chi connectivity index (χ3v) is 7.78. The molecule has 1 fully saturated rings. The Bertz CT molecular complexity index is 1590. The Hall–Kier alpha value is -4.29. The van der Waals surface area contributed by atoms with E-state index in [1.54, 1.807) is 11.5 Å². The van der Waals surface area contributed by atoms with Crippen molar-refractivity contribution in [3.8, 4) is 17.2 Å². The van der Waals surface area contributed by atoms with Crippen LogP contribution in [0.5, 0.6) is 0 Å². The Morgan fingerprint density at radius 3 is 2.54 bits per heavy atom. The fourth-order valence-corrected chi connectivity index (χ4v) is 5.60. The number of hydrogen-bond donors (Lipinski definition) is 1. The maximum atomic E-state index is 14.1. The summed E-state index contributed by atoms with van der Waals surface area (Å²) in [6.07, 6.45) is 4.85. The summed E-state index contributed by atoms with van der Waals surface area (Å²) in [5.74, 6) is -0.292. The molecule has 4 aromatic rings.